The summed E-state index contributed by atoms with van der Waals surface area (Å²) in [5.74, 6) is -0.0141. The van der Waals surface area contributed by atoms with E-state index in [9.17, 15) is 4.79 Å². The molecule has 0 aliphatic heterocycles. The van der Waals surface area contributed by atoms with Crippen LogP contribution in [0.2, 0.25) is 0 Å². The van der Waals surface area contributed by atoms with Gasteiger partial charge in [0.15, 0.2) is 0 Å². The molecule has 4 rings (SSSR count). The number of hydrogen-bond donors (Lipinski definition) is 0. The molecule has 2 nitrogen and oxygen atoms in total. The fourth-order valence-corrected chi connectivity index (χ4v) is 3.81. The zero-order chi connectivity index (χ0) is 20.8. The van der Waals surface area contributed by atoms with Crippen LogP contribution in [0, 0.1) is 0 Å². The SMILES string of the molecule is O=C(c1ccccc1)C(c1ccccc1)[N+](=C(Cl)c1ccccc1)c1ccccc1.[Cl-]. The minimum Gasteiger partial charge on any atom is -1.00 e. The number of ketones is 1. The molecule has 0 aliphatic rings. The summed E-state index contributed by atoms with van der Waals surface area (Å²) in [5, 5.41) is 0.500. The van der Waals surface area contributed by atoms with Crippen LogP contribution >= 0.6 is 11.6 Å². The number of benzene rings is 4. The first-order valence-corrected chi connectivity index (χ1v) is 10.2. The third-order valence-corrected chi connectivity index (χ3v) is 5.34. The van der Waals surface area contributed by atoms with Gasteiger partial charge in [0.1, 0.15) is 0 Å². The van der Waals surface area contributed by atoms with E-state index >= 15 is 0 Å². The van der Waals surface area contributed by atoms with Crippen LogP contribution in [-0.4, -0.2) is 15.5 Å². The highest BCUT2D eigenvalue weighted by Gasteiger charge is 2.36. The van der Waals surface area contributed by atoms with Crippen molar-refractivity contribution in [3.05, 3.63) is 138 Å². The quantitative estimate of drug-likeness (QED) is 0.252. The van der Waals surface area contributed by atoms with Crippen LogP contribution in [0.25, 0.3) is 0 Å². The number of carbonyl (C=O) groups is 1. The lowest BCUT2D eigenvalue weighted by molar-refractivity contribution is -0.470. The molecular formula is C27H21Cl2NO. The van der Waals surface area contributed by atoms with Gasteiger partial charge in [-0.05, 0) is 23.7 Å². The van der Waals surface area contributed by atoms with E-state index in [4.69, 9.17) is 11.6 Å². The van der Waals surface area contributed by atoms with Gasteiger partial charge in [-0.1, -0.05) is 97.1 Å². The fourth-order valence-electron chi connectivity index (χ4n) is 3.49. The average molecular weight is 446 g/mol. The highest BCUT2D eigenvalue weighted by atomic mass is 35.5. The molecule has 0 saturated carbocycles. The summed E-state index contributed by atoms with van der Waals surface area (Å²) in [4.78, 5) is 13.8. The summed E-state index contributed by atoms with van der Waals surface area (Å²) in [7, 11) is 0. The smallest absolute Gasteiger partial charge is 0.283 e. The molecule has 1 atom stereocenters. The maximum Gasteiger partial charge on any atom is 0.283 e. The first-order valence-electron chi connectivity index (χ1n) is 9.82. The third kappa shape index (κ3) is 5.11. The number of para-hydroxylation sites is 1. The Morgan fingerprint density at radius 1 is 0.613 bits per heavy atom. The van der Waals surface area contributed by atoms with Gasteiger partial charge in [-0.15, -0.1) is 0 Å². The minimum absolute atomic E-state index is 0. The van der Waals surface area contributed by atoms with Crippen molar-refractivity contribution in [1.82, 2.24) is 0 Å². The molecular weight excluding hydrogens is 425 g/mol. The molecule has 0 spiro atoms. The molecule has 31 heavy (non-hydrogen) atoms. The lowest BCUT2D eigenvalue weighted by atomic mass is 9.96. The van der Waals surface area contributed by atoms with Crippen LogP contribution in [0.5, 0.6) is 0 Å². The van der Waals surface area contributed by atoms with Gasteiger partial charge in [-0.2, -0.15) is 4.58 Å². The van der Waals surface area contributed by atoms with Gasteiger partial charge >= 0.3 is 0 Å². The molecule has 0 radical (unpaired) electrons. The second-order valence-corrected chi connectivity index (χ2v) is 7.26. The monoisotopic (exact) mass is 445 g/mol. The van der Waals surface area contributed by atoms with Crippen molar-refractivity contribution in [1.29, 1.82) is 0 Å². The zero-order valence-corrected chi connectivity index (χ0v) is 18.2. The van der Waals surface area contributed by atoms with Crippen LogP contribution in [-0.2, 0) is 0 Å². The van der Waals surface area contributed by atoms with E-state index in [1.54, 1.807) is 0 Å². The number of nitrogens with zero attached hydrogens (tertiary/aromatic N) is 1. The first-order chi connectivity index (χ1) is 14.8. The Hall–Kier alpha value is -3.20. The largest absolute Gasteiger partial charge is 1.00 e. The van der Waals surface area contributed by atoms with Crippen LogP contribution in [0.1, 0.15) is 27.5 Å². The highest BCUT2D eigenvalue weighted by Crippen LogP contribution is 2.30. The lowest BCUT2D eigenvalue weighted by Crippen LogP contribution is -3.00. The third-order valence-electron chi connectivity index (χ3n) is 4.94. The van der Waals surface area contributed by atoms with Crippen molar-refractivity contribution >= 4 is 28.2 Å². The summed E-state index contributed by atoms with van der Waals surface area (Å²) in [6, 6.07) is 38.1. The van der Waals surface area contributed by atoms with E-state index in [0.29, 0.717) is 10.7 Å². The number of halogens is 2. The molecule has 0 heterocycles. The Balaban J connectivity index is 0.00000272. The summed E-state index contributed by atoms with van der Waals surface area (Å²) >= 11 is 6.97. The first kappa shape index (κ1) is 22.5. The van der Waals surface area contributed by atoms with E-state index in [1.807, 2.05) is 126 Å². The van der Waals surface area contributed by atoms with E-state index < -0.39 is 6.04 Å². The summed E-state index contributed by atoms with van der Waals surface area (Å²) < 4.78 is 1.92. The molecule has 0 aromatic heterocycles. The molecule has 0 saturated heterocycles. The van der Waals surface area contributed by atoms with Crippen LogP contribution in [0.3, 0.4) is 0 Å². The minimum atomic E-state index is -0.608. The number of rotatable bonds is 6. The zero-order valence-electron chi connectivity index (χ0n) is 16.7. The van der Waals surface area contributed by atoms with Crippen molar-refractivity contribution in [2.45, 2.75) is 6.04 Å². The molecule has 4 aromatic carbocycles. The van der Waals surface area contributed by atoms with Gasteiger partial charge in [0.05, 0.1) is 5.56 Å². The van der Waals surface area contributed by atoms with Crippen molar-refractivity contribution < 1.29 is 21.8 Å². The second-order valence-electron chi connectivity index (χ2n) is 6.91. The maximum atomic E-state index is 13.8. The number of Topliss-reactive ketones (excluding diaryl/α,β-unsaturated/α-hetero) is 1. The van der Waals surface area contributed by atoms with Gasteiger partial charge in [0.25, 0.3) is 5.17 Å². The van der Waals surface area contributed by atoms with Crippen molar-refractivity contribution in [3.63, 3.8) is 0 Å². The summed E-state index contributed by atoms with van der Waals surface area (Å²) in [6.07, 6.45) is 0. The van der Waals surface area contributed by atoms with Gasteiger partial charge in [0.2, 0.25) is 17.5 Å². The average Bonchev–Trinajstić information content (AvgIpc) is 2.84. The predicted molar refractivity (Wildman–Crippen MR) is 123 cm³/mol. The lowest BCUT2D eigenvalue weighted by Gasteiger charge is -2.17. The number of carbonyl (C=O) groups excluding carboxylic acids is 1. The topological polar surface area (TPSA) is 20.1 Å². The maximum absolute atomic E-state index is 13.8. The van der Waals surface area contributed by atoms with Gasteiger partial charge in [-0.25, -0.2) is 0 Å². The van der Waals surface area contributed by atoms with Crippen molar-refractivity contribution in [2.24, 2.45) is 0 Å². The normalized spacial score (nSPS) is 12.3. The molecule has 4 heteroatoms. The van der Waals surface area contributed by atoms with Gasteiger partial charge in [-0.3, -0.25) is 4.79 Å². The molecule has 0 fully saturated rings. The van der Waals surface area contributed by atoms with E-state index in [2.05, 4.69) is 0 Å². The fraction of sp³-hybridized carbons (Fsp3) is 0.0370. The Morgan fingerprint density at radius 2 is 1.03 bits per heavy atom. The van der Waals surface area contributed by atoms with E-state index in [1.165, 1.54) is 0 Å². The molecule has 1 unspecified atom stereocenters. The van der Waals surface area contributed by atoms with E-state index in [0.717, 1.165) is 16.8 Å². The Bertz CT molecular complexity index is 1150. The van der Waals surface area contributed by atoms with Gasteiger partial charge < -0.3 is 12.4 Å². The van der Waals surface area contributed by atoms with Crippen molar-refractivity contribution in [2.75, 3.05) is 0 Å². The molecule has 154 valence electrons. The van der Waals surface area contributed by atoms with Crippen molar-refractivity contribution in [3.8, 4) is 0 Å². The summed E-state index contributed by atoms with van der Waals surface area (Å²) in [6.45, 7) is 0. The standard InChI is InChI=1S/C27H21ClNO.ClH/c28-27(23-17-9-3-10-18-23)29(24-19-11-4-12-20-24)25(21-13-5-1-6-14-21)26(30)22-15-7-2-8-16-22;/h1-20,25H;1H/q+1;/p-1. The number of hydrogen-bond acceptors (Lipinski definition) is 1. The molecule has 0 N–H and O–H groups in total. The Kier molecular flexibility index (Phi) is 7.77. The van der Waals surface area contributed by atoms with Gasteiger partial charge in [0, 0.05) is 23.3 Å². The Labute approximate surface area is 193 Å². The summed E-state index contributed by atoms with van der Waals surface area (Å²) in [5.41, 5.74) is 3.23. The van der Waals surface area contributed by atoms with Crippen LogP contribution in [0.15, 0.2) is 121 Å². The van der Waals surface area contributed by atoms with E-state index in [-0.39, 0.29) is 18.2 Å². The predicted octanol–water partition coefficient (Wildman–Crippen LogP) is 3.64. The molecule has 0 aliphatic carbocycles. The Morgan fingerprint density at radius 3 is 1.55 bits per heavy atom. The van der Waals surface area contributed by atoms with Crippen LogP contribution < -0.4 is 12.4 Å². The molecule has 4 aromatic rings. The highest BCUT2D eigenvalue weighted by molar-refractivity contribution is 6.68. The molecule has 0 bridgehead atoms. The molecule has 0 amide bonds. The second kappa shape index (κ2) is 10.7. The van der Waals surface area contributed by atoms with Crippen LogP contribution in [0.4, 0.5) is 5.69 Å².